The van der Waals surface area contributed by atoms with Gasteiger partial charge in [-0.15, -0.1) is 0 Å². The molecular weight excluding hydrogens is 363 g/mol. The summed E-state index contributed by atoms with van der Waals surface area (Å²) in [4.78, 5) is 24.6. The predicted octanol–water partition coefficient (Wildman–Crippen LogP) is 3.22. The average molecular weight is 380 g/mol. The summed E-state index contributed by atoms with van der Waals surface area (Å²) in [5.41, 5.74) is -1.46. The molecule has 1 aromatic rings. The van der Waals surface area contributed by atoms with Crippen LogP contribution >= 0.6 is 11.6 Å². The van der Waals surface area contributed by atoms with Gasteiger partial charge in [-0.05, 0) is 38.1 Å². The van der Waals surface area contributed by atoms with E-state index in [4.69, 9.17) is 21.4 Å². The molecule has 5 nitrogen and oxygen atoms in total. The minimum absolute atomic E-state index is 0.323. The molecule has 1 N–H and O–H groups in total. The van der Waals surface area contributed by atoms with Gasteiger partial charge in [-0.1, -0.05) is 11.6 Å². The van der Waals surface area contributed by atoms with Crippen LogP contribution in [0.2, 0.25) is 5.02 Å². The molecule has 1 saturated heterocycles. The van der Waals surface area contributed by atoms with Crippen LogP contribution in [-0.4, -0.2) is 46.7 Å². The van der Waals surface area contributed by atoms with Gasteiger partial charge in [0, 0.05) is 18.1 Å². The normalized spacial score (nSPS) is 21.3. The maximum atomic E-state index is 13.0. The first-order valence-electron chi connectivity index (χ1n) is 7.45. The zero-order chi connectivity index (χ0) is 19.0. The van der Waals surface area contributed by atoms with Crippen LogP contribution in [0.1, 0.15) is 13.8 Å². The van der Waals surface area contributed by atoms with Crippen molar-refractivity contribution in [3.63, 3.8) is 0 Å². The van der Waals surface area contributed by atoms with Crippen LogP contribution in [0.3, 0.4) is 0 Å². The number of rotatable bonds is 4. The van der Waals surface area contributed by atoms with E-state index in [1.54, 1.807) is 12.1 Å². The third-order valence-corrected chi connectivity index (χ3v) is 4.30. The zero-order valence-electron chi connectivity index (χ0n) is 13.5. The van der Waals surface area contributed by atoms with Crippen molar-refractivity contribution in [3.8, 4) is 5.75 Å². The molecule has 1 aliphatic rings. The van der Waals surface area contributed by atoms with Crippen molar-refractivity contribution in [1.82, 2.24) is 4.90 Å². The van der Waals surface area contributed by atoms with Gasteiger partial charge in [-0.3, -0.25) is 9.59 Å². The molecule has 1 amide bonds. The highest BCUT2D eigenvalue weighted by molar-refractivity contribution is 6.30. The second-order valence-electron chi connectivity index (χ2n) is 6.37. The topological polar surface area (TPSA) is 66.8 Å². The summed E-state index contributed by atoms with van der Waals surface area (Å²) >= 11 is 5.76. The summed E-state index contributed by atoms with van der Waals surface area (Å²) in [6.45, 7) is 1.62. The Hall–Kier alpha value is -1.96. The predicted molar refractivity (Wildman–Crippen MR) is 83.4 cm³/mol. The number of carbonyl (C=O) groups is 2. The molecular formula is C16H17ClF3NO4. The van der Waals surface area contributed by atoms with Crippen LogP contribution in [-0.2, 0) is 9.59 Å². The molecule has 1 aromatic carbocycles. The van der Waals surface area contributed by atoms with Gasteiger partial charge in [0.25, 0.3) is 5.91 Å². The monoisotopic (exact) mass is 379 g/mol. The molecule has 2 rings (SSSR count). The Kier molecular flexibility index (Phi) is 5.22. The van der Waals surface area contributed by atoms with Crippen LogP contribution in [0.15, 0.2) is 24.3 Å². The smallest absolute Gasteiger partial charge is 0.394 e. The molecule has 0 radical (unpaired) electrons. The van der Waals surface area contributed by atoms with Crippen LogP contribution < -0.4 is 4.74 Å². The number of ether oxygens (including phenoxy) is 1. The number of likely N-dealkylation sites (tertiary alicyclic amines) is 1. The van der Waals surface area contributed by atoms with Crippen molar-refractivity contribution in [1.29, 1.82) is 0 Å². The van der Waals surface area contributed by atoms with Crippen molar-refractivity contribution >= 4 is 23.5 Å². The fourth-order valence-corrected chi connectivity index (χ4v) is 2.90. The number of benzene rings is 1. The Labute approximate surface area is 147 Å². The van der Waals surface area contributed by atoms with E-state index < -0.39 is 48.6 Å². The first kappa shape index (κ1) is 19.4. The van der Waals surface area contributed by atoms with E-state index in [-0.39, 0.29) is 0 Å². The van der Waals surface area contributed by atoms with Crippen LogP contribution in [0.25, 0.3) is 0 Å². The van der Waals surface area contributed by atoms with Gasteiger partial charge in [-0.2, -0.15) is 13.2 Å². The number of aliphatic carboxylic acids is 1. The Bertz CT molecular complexity index is 660. The highest BCUT2D eigenvalue weighted by atomic mass is 35.5. The minimum atomic E-state index is -4.70. The third-order valence-electron chi connectivity index (χ3n) is 4.05. The van der Waals surface area contributed by atoms with Crippen molar-refractivity contribution in [2.24, 2.45) is 11.8 Å². The Morgan fingerprint density at radius 3 is 2.20 bits per heavy atom. The number of carboxylic acid groups (broad SMARTS) is 1. The number of hydrogen-bond donors (Lipinski definition) is 1. The van der Waals surface area contributed by atoms with Gasteiger partial charge in [0.1, 0.15) is 5.75 Å². The molecule has 0 bridgehead atoms. The Morgan fingerprint density at radius 1 is 1.20 bits per heavy atom. The summed E-state index contributed by atoms with van der Waals surface area (Å²) in [6, 6.07) is 6.15. The number of carboxylic acids is 1. The van der Waals surface area contributed by atoms with Crippen molar-refractivity contribution in [2.45, 2.75) is 25.6 Å². The Balaban J connectivity index is 2.15. The number of amides is 1. The maximum absolute atomic E-state index is 13.0. The second kappa shape index (κ2) is 6.74. The fraction of sp³-hybridized carbons (Fsp3) is 0.500. The summed E-state index contributed by atoms with van der Waals surface area (Å²) in [5.74, 6) is -5.74. The van der Waals surface area contributed by atoms with Gasteiger partial charge >= 0.3 is 12.1 Å². The molecule has 0 aliphatic carbocycles. The highest BCUT2D eigenvalue weighted by Gasteiger charge is 2.54. The molecule has 0 spiro atoms. The Morgan fingerprint density at radius 2 is 1.76 bits per heavy atom. The van der Waals surface area contributed by atoms with Gasteiger partial charge in [0.15, 0.2) is 5.60 Å². The van der Waals surface area contributed by atoms with E-state index in [1.165, 1.54) is 26.0 Å². The number of halogens is 4. The summed E-state index contributed by atoms with van der Waals surface area (Å²) < 4.78 is 44.7. The molecule has 1 fully saturated rings. The lowest BCUT2D eigenvalue weighted by molar-refractivity contribution is -0.188. The van der Waals surface area contributed by atoms with Crippen LogP contribution in [0, 0.1) is 11.8 Å². The molecule has 2 atom stereocenters. The molecule has 1 aliphatic heterocycles. The van der Waals surface area contributed by atoms with Gasteiger partial charge < -0.3 is 14.7 Å². The van der Waals surface area contributed by atoms with E-state index >= 15 is 0 Å². The second-order valence-corrected chi connectivity index (χ2v) is 6.81. The standard InChI is InChI=1S/C16H17ClF3NO4/c1-15(2,25-10-5-3-9(17)4-6-10)14(24)21-7-11(13(22)23)12(8-21)16(18,19)20/h3-6,11-12H,7-8H2,1-2H3,(H,22,23)/t11-,12-/m1/s1. The quantitative estimate of drug-likeness (QED) is 0.872. The van der Waals surface area contributed by atoms with E-state index in [0.717, 1.165) is 4.90 Å². The van der Waals surface area contributed by atoms with Gasteiger partial charge in [-0.25, -0.2) is 0 Å². The van der Waals surface area contributed by atoms with E-state index in [0.29, 0.717) is 10.8 Å². The van der Waals surface area contributed by atoms with E-state index in [1.807, 2.05) is 0 Å². The summed E-state index contributed by atoms with van der Waals surface area (Å²) in [5, 5.41) is 9.49. The molecule has 138 valence electrons. The summed E-state index contributed by atoms with van der Waals surface area (Å²) in [7, 11) is 0. The molecule has 0 saturated carbocycles. The first-order chi connectivity index (χ1) is 11.4. The maximum Gasteiger partial charge on any atom is 0.394 e. The van der Waals surface area contributed by atoms with Crippen molar-refractivity contribution < 1.29 is 32.6 Å². The van der Waals surface area contributed by atoms with Crippen molar-refractivity contribution in [3.05, 3.63) is 29.3 Å². The molecule has 1 heterocycles. The van der Waals surface area contributed by atoms with Crippen LogP contribution in [0.5, 0.6) is 5.75 Å². The van der Waals surface area contributed by atoms with E-state index in [2.05, 4.69) is 0 Å². The van der Waals surface area contributed by atoms with Crippen LogP contribution in [0.4, 0.5) is 13.2 Å². The van der Waals surface area contributed by atoms with Gasteiger partial charge in [0.05, 0.1) is 11.8 Å². The summed E-state index contributed by atoms with van der Waals surface area (Å²) in [6.07, 6.45) is -4.70. The number of nitrogens with zero attached hydrogens (tertiary/aromatic N) is 1. The van der Waals surface area contributed by atoms with Gasteiger partial charge in [0.2, 0.25) is 0 Å². The fourth-order valence-electron chi connectivity index (χ4n) is 2.77. The molecule has 0 aromatic heterocycles. The SMILES string of the molecule is CC(C)(Oc1ccc(Cl)cc1)C(=O)N1C[C@@H](C(F)(F)F)[C@H](C(=O)O)C1. The lowest BCUT2D eigenvalue weighted by Gasteiger charge is -2.30. The molecule has 0 unspecified atom stereocenters. The number of alkyl halides is 3. The van der Waals surface area contributed by atoms with Crippen molar-refractivity contribution in [2.75, 3.05) is 13.1 Å². The largest absolute Gasteiger partial charge is 0.481 e. The highest BCUT2D eigenvalue weighted by Crippen LogP contribution is 2.38. The van der Waals surface area contributed by atoms with E-state index in [9.17, 15) is 22.8 Å². The molecule has 25 heavy (non-hydrogen) atoms. The average Bonchev–Trinajstić information content (AvgIpc) is 2.94. The first-order valence-corrected chi connectivity index (χ1v) is 7.83. The zero-order valence-corrected chi connectivity index (χ0v) is 14.3. The minimum Gasteiger partial charge on any atom is -0.481 e. The number of hydrogen-bond acceptors (Lipinski definition) is 3. The lowest BCUT2D eigenvalue weighted by atomic mass is 9.96. The lowest BCUT2D eigenvalue weighted by Crippen LogP contribution is -2.48. The number of carbonyl (C=O) groups excluding carboxylic acids is 1. The molecule has 9 heteroatoms. The third kappa shape index (κ3) is 4.36.